The molecule has 2 atom stereocenters. The molecule has 3 N–H and O–H groups in total. The van der Waals surface area contributed by atoms with E-state index in [9.17, 15) is 9.59 Å². The molecule has 30 heavy (non-hydrogen) atoms. The molecule has 0 aliphatic carbocycles. The highest BCUT2D eigenvalue weighted by molar-refractivity contribution is 5.97. The van der Waals surface area contributed by atoms with Crippen LogP contribution in [0, 0.1) is 5.92 Å². The molecule has 1 fully saturated rings. The van der Waals surface area contributed by atoms with Gasteiger partial charge in [0.1, 0.15) is 17.4 Å². The van der Waals surface area contributed by atoms with Crippen LogP contribution in [0.15, 0.2) is 60.8 Å². The minimum absolute atomic E-state index is 0.272. The quantitative estimate of drug-likeness (QED) is 0.575. The maximum Gasteiger partial charge on any atom is 0.319 e. The molecule has 3 amide bonds. The Balaban J connectivity index is 1.77. The summed E-state index contributed by atoms with van der Waals surface area (Å²) in [6.07, 6.45) is 2.05. The van der Waals surface area contributed by atoms with Crippen LogP contribution in [-0.2, 0) is 4.79 Å². The Morgan fingerprint density at radius 2 is 1.77 bits per heavy atom. The molecule has 0 spiro atoms. The van der Waals surface area contributed by atoms with E-state index >= 15 is 0 Å². The molecule has 7 heteroatoms. The van der Waals surface area contributed by atoms with Gasteiger partial charge in [0.25, 0.3) is 0 Å². The molecule has 1 aliphatic heterocycles. The number of benzene rings is 2. The fourth-order valence-electron chi connectivity index (χ4n) is 3.27. The van der Waals surface area contributed by atoms with Crippen molar-refractivity contribution in [2.24, 2.45) is 5.92 Å². The third kappa shape index (κ3) is 5.11. The minimum Gasteiger partial charge on any atom is -0.497 e. The molecule has 7 nitrogen and oxygen atoms in total. The van der Waals surface area contributed by atoms with E-state index in [1.807, 2.05) is 24.3 Å². The number of ether oxygens (including phenoxy) is 2. The maximum atomic E-state index is 13.0. The molecule has 158 valence electrons. The van der Waals surface area contributed by atoms with Gasteiger partial charge >= 0.3 is 6.03 Å². The van der Waals surface area contributed by atoms with Gasteiger partial charge in [-0.15, -0.1) is 0 Å². The summed E-state index contributed by atoms with van der Waals surface area (Å²) in [6.45, 7) is 6.67. The van der Waals surface area contributed by atoms with Crippen molar-refractivity contribution in [3.63, 3.8) is 0 Å². The van der Waals surface area contributed by atoms with E-state index in [0.29, 0.717) is 23.7 Å². The first kappa shape index (κ1) is 21.2. The van der Waals surface area contributed by atoms with E-state index in [0.717, 1.165) is 24.2 Å². The summed E-state index contributed by atoms with van der Waals surface area (Å²) in [7, 11) is 1.58. The lowest BCUT2D eigenvalue weighted by atomic mass is 9.88. The second-order valence-corrected chi connectivity index (χ2v) is 7.07. The van der Waals surface area contributed by atoms with Gasteiger partial charge in [0.2, 0.25) is 5.91 Å². The van der Waals surface area contributed by atoms with Gasteiger partial charge in [-0.3, -0.25) is 4.79 Å². The summed E-state index contributed by atoms with van der Waals surface area (Å²) in [6, 6.07) is 13.5. The van der Waals surface area contributed by atoms with Crippen LogP contribution in [0.1, 0.15) is 31.4 Å². The standard InChI is InChI=1S/C23H27N3O4/c1-4-5-14-30-19-10-6-16(7-11-19)21-20(15(2)24-23(28)26-21)22(27)25-17-8-12-18(29-3)13-9-17/h6-13,20-21H,2,4-5,14H2,1,3H3,(H,25,27)(H2,24,26,28)/t20-,21-/m1/s1. The molecule has 0 unspecified atom stereocenters. The van der Waals surface area contributed by atoms with Gasteiger partial charge in [0, 0.05) is 11.4 Å². The van der Waals surface area contributed by atoms with Crippen LogP contribution >= 0.6 is 0 Å². The molecule has 2 aromatic carbocycles. The lowest BCUT2D eigenvalue weighted by molar-refractivity contribution is -0.119. The first-order chi connectivity index (χ1) is 14.5. The van der Waals surface area contributed by atoms with E-state index in [2.05, 4.69) is 29.5 Å². The van der Waals surface area contributed by atoms with Crippen molar-refractivity contribution in [2.45, 2.75) is 25.8 Å². The van der Waals surface area contributed by atoms with Crippen molar-refractivity contribution in [3.05, 3.63) is 66.4 Å². The topological polar surface area (TPSA) is 88.7 Å². The number of nitrogens with one attached hydrogen (secondary N) is 3. The highest BCUT2D eigenvalue weighted by Crippen LogP contribution is 2.31. The number of hydrogen-bond acceptors (Lipinski definition) is 4. The maximum absolute atomic E-state index is 13.0. The van der Waals surface area contributed by atoms with Gasteiger partial charge < -0.3 is 25.4 Å². The summed E-state index contributed by atoms with van der Waals surface area (Å²) in [5.74, 6) is 0.497. The van der Waals surface area contributed by atoms with Crippen LogP contribution < -0.4 is 25.4 Å². The highest BCUT2D eigenvalue weighted by atomic mass is 16.5. The van der Waals surface area contributed by atoms with Crippen molar-refractivity contribution in [1.29, 1.82) is 0 Å². The van der Waals surface area contributed by atoms with Gasteiger partial charge in [0.15, 0.2) is 0 Å². The number of amides is 3. The molecule has 0 saturated carbocycles. The summed E-state index contributed by atoms with van der Waals surface area (Å²) in [5, 5.41) is 8.33. The Kier molecular flexibility index (Phi) is 6.95. The minimum atomic E-state index is -0.684. The molecule has 0 bridgehead atoms. The third-order valence-corrected chi connectivity index (χ3v) is 4.92. The highest BCUT2D eigenvalue weighted by Gasteiger charge is 2.37. The zero-order chi connectivity index (χ0) is 21.5. The Morgan fingerprint density at radius 3 is 2.40 bits per heavy atom. The van der Waals surface area contributed by atoms with Gasteiger partial charge in [0.05, 0.1) is 19.8 Å². The number of methoxy groups -OCH3 is 1. The Morgan fingerprint density at radius 1 is 1.10 bits per heavy atom. The van der Waals surface area contributed by atoms with Gasteiger partial charge in [-0.1, -0.05) is 32.1 Å². The van der Waals surface area contributed by atoms with E-state index in [1.54, 1.807) is 31.4 Å². The van der Waals surface area contributed by atoms with Crippen LogP contribution in [0.25, 0.3) is 0 Å². The largest absolute Gasteiger partial charge is 0.497 e. The van der Waals surface area contributed by atoms with Crippen LogP contribution in [0.4, 0.5) is 10.5 Å². The van der Waals surface area contributed by atoms with Crippen LogP contribution in [0.3, 0.4) is 0 Å². The molecule has 3 rings (SSSR count). The zero-order valence-electron chi connectivity index (χ0n) is 17.2. The molecule has 0 aromatic heterocycles. The number of unbranched alkanes of at least 4 members (excludes halogenated alkanes) is 1. The van der Waals surface area contributed by atoms with Crippen LogP contribution in [0.2, 0.25) is 0 Å². The van der Waals surface area contributed by atoms with Gasteiger partial charge in [-0.2, -0.15) is 0 Å². The Hall–Kier alpha value is -3.48. The number of urea groups is 1. The van der Waals surface area contributed by atoms with E-state index in [-0.39, 0.29) is 11.9 Å². The second-order valence-electron chi connectivity index (χ2n) is 7.07. The summed E-state index contributed by atoms with van der Waals surface area (Å²) < 4.78 is 10.8. The molecule has 2 aromatic rings. The lowest BCUT2D eigenvalue weighted by Gasteiger charge is -2.34. The molecule has 1 aliphatic rings. The molecule has 1 saturated heterocycles. The van der Waals surface area contributed by atoms with Crippen LogP contribution in [-0.4, -0.2) is 25.7 Å². The average molecular weight is 409 g/mol. The molecular formula is C23H27N3O4. The predicted octanol–water partition coefficient (Wildman–Crippen LogP) is 4.00. The number of hydrogen-bond donors (Lipinski definition) is 3. The van der Waals surface area contributed by atoms with Gasteiger partial charge in [-0.05, 0) is 48.4 Å². The summed E-state index contributed by atoms with van der Waals surface area (Å²) in [5.41, 5.74) is 1.77. The van der Waals surface area contributed by atoms with E-state index in [4.69, 9.17) is 9.47 Å². The monoisotopic (exact) mass is 409 g/mol. The summed E-state index contributed by atoms with van der Waals surface area (Å²) in [4.78, 5) is 25.1. The summed E-state index contributed by atoms with van der Waals surface area (Å²) >= 11 is 0. The first-order valence-electron chi connectivity index (χ1n) is 9.95. The molecule has 0 radical (unpaired) electrons. The fraction of sp³-hybridized carbons (Fsp3) is 0.304. The zero-order valence-corrected chi connectivity index (χ0v) is 17.2. The van der Waals surface area contributed by atoms with Crippen LogP contribution in [0.5, 0.6) is 11.5 Å². The van der Waals surface area contributed by atoms with Crippen molar-refractivity contribution < 1.29 is 19.1 Å². The number of rotatable bonds is 8. The fourth-order valence-corrected chi connectivity index (χ4v) is 3.27. The first-order valence-corrected chi connectivity index (χ1v) is 9.95. The number of carbonyl (C=O) groups excluding carboxylic acids is 2. The van der Waals surface area contributed by atoms with Crippen molar-refractivity contribution in [2.75, 3.05) is 19.0 Å². The van der Waals surface area contributed by atoms with Crippen molar-refractivity contribution in [3.8, 4) is 11.5 Å². The SMILES string of the molecule is C=C1NC(=O)N[C@H](c2ccc(OCCCC)cc2)[C@@H]1C(=O)Nc1ccc(OC)cc1. The Labute approximate surface area is 176 Å². The number of carbonyl (C=O) groups is 2. The average Bonchev–Trinajstić information content (AvgIpc) is 2.74. The predicted molar refractivity (Wildman–Crippen MR) is 116 cm³/mol. The lowest BCUT2D eigenvalue weighted by Crippen LogP contribution is -2.51. The molecular weight excluding hydrogens is 382 g/mol. The van der Waals surface area contributed by atoms with E-state index < -0.39 is 12.0 Å². The number of anilines is 1. The normalized spacial score (nSPS) is 18.2. The van der Waals surface area contributed by atoms with Crippen molar-refractivity contribution >= 4 is 17.6 Å². The van der Waals surface area contributed by atoms with E-state index in [1.165, 1.54) is 0 Å². The third-order valence-electron chi connectivity index (χ3n) is 4.92. The smallest absolute Gasteiger partial charge is 0.319 e. The van der Waals surface area contributed by atoms with Gasteiger partial charge in [-0.25, -0.2) is 4.79 Å². The Bertz CT molecular complexity index is 894. The molecule has 1 heterocycles. The second kappa shape index (κ2) is 9.82. The van der Waals surface area contributed by atoms with Crippen molar-refractivity contribution in [1.82, 2.24) is 10.6 Å².